The molecular weight excluding hydrogens is 212 g/mol. The van der Waals surface area contributed by atoms with E-state index in [2.05, 4.69) is 15.5 Å². The Hall–Kier alpha value is -1.47. The number of aromatic nitrogens is 2. The Bertz CT molecular complexity index is 359. The summed E-state index contributed by atoms with van der Waals surface area (Å²) < 4.78 is 10.4. The summed E-state index contributed by atoms with van der Waals surface area (Å²) in [5, 5.41) is 6.67. The molecule has 0 bridgehead atoms. The number of ether oxygens (including phenoxy) is 1. The topological polar surface area (TPSA) is 103 Å². The van der Waals surface area contributed by atoms with Gasteiger partial charge in [-0.05, 0) is 25.9 Å². The third kappa shape index (κ3) is 2.77. The monoisotopic (exact) mass is 226 g/mol. The molecule has 0 saturated carbocycles. The predicted molar refractivity (Wildman–Crippen MR) is 53.5 cm³/mol. The van der Waals surface area contributed by atoms with Crippen molar-refractivity contribution in [1.29, 1.82) is 0 Å². The van der Waals surface area contributed by atoms with E-state index in [1.54, 1.807) is 0 Å². The van der Waals surface area contributed by atoms with E-state index in [-0.39, 0.29) is 24.4 Å². The van der Waals surface area contributed by atoms with E-state index in [1.165, 1.54) is 0 Å². The maximum atomic E-state index is 10.7. The van der Waals surface area contributed by atoms with Crippen molar-refractivity contribution in [3.63, 3.8) is 0 Å². The van der Waals surface area contributed by atoms with E-state index in [0.717, 1.165) is 25.9 Å². The molecule has 1 amide bonds. The summed E-state index contributed by atoms with van der Waals surface area (Å²) >= 11 is 0. The number of carbonyl (C=O) groups excluding carboxylic acids is 1. The smallest absolute Gasteiger partial charge is 0.290 e. The van der Waals surface area contributed by atoms with Crippen molar-refractivity contribution in [2.45, 2.75) is 25.6 Å². The zero-order valence-corrected chi connectivity index (χ0v) is 8.81. The molecule has 1 aromatic rings. The van der Waals surface area contributed by atoms with Gasteiger partial charge in [-0.15, -0.1) is 0 Å². The number of amides is 1. The Balaban J connectivity index is 1.81. The Morgan fingerprint density at radius 3 is 2.94 bits per heavy atom. The number of hydrogen-bond donors (Lipinski definition) is 2. The molecule has 1 aromatic heterocycles. The van der Waals surface area contributed by atoms with Gasteiger partial charge in [0.2, 0.25) is 0 Å². The zero-order chi connectivity index (χ0) is 11.4. The number of nitrogens with two attached hydrogens (primary N) is 1. The van der Waals surface area contributed by atoms with E-state index >= 15 is 0 Å². The van der Waals surface area contributed by atoms with Gasteiger partial charge in [0, 0.05) is 0 Å². The van der Waals surface area contributed by atoms with Crippen molar-refractivity contribution in [3.05, 3.63) is 11.7 Å². The molecule has 1 saturated heterocycles. The quantitative estimate of drug-likeness (QED) is 0.713. The van der Waals surface area contributed by atoms with Crippen LogP contribution >= 0.6 is 0 Å². The molecule has 7 nitrogen and oxygen atoms in total. The molecule has 2 rings (SSSR count). The third-order valence-electron chi connectivity index (χ3n) is 2.42. The average Bonchev–Trinajstić information content (AvgIpc) is 2.76. The summed E-state index contributed by atoms with van der Waals surface area (Å²) in [5.41, 5.74) is 4.99. The lowest BCUT2D eigenvalue weighted by molar-refractivity contribution is 0.00859. The minimum atomic E-state index is -0.697. The van der Waals surface area contributed by atoms with Crippen molar-refractivity contribution in [1.82, 2.24) is 15.5 Å². The predicted octanol–water partition coefficient (Wildman–Crippen LogP) is -0.563. The summed E-state index contributed by atoms with van der Waals surface area (Å²) in [4.78, 5) is 14.5. The second kappa shape index (κ2) is 5.04. The normalized spacial score (nSPS) is 17.5. The fourth-order valence-electron chi connectivity index (χ4n) is 1.56. The van der Waals surface area contributed by atoms with Gasteiger partial charge in [0.1, 0.15) is 6.61 Å². The van der Waals surface area contributed by atoms with E-state index in [0.29, 0.717) is 0 Å². The molecule has 0 aliphatic carbocycles. The molecule has 16 heavy (non-hydrogen) atoms. The third-order valence-corrected chi connectivity index (χ3v) is 2.42. The van der Waals surface area contributed by atoms with E-state index < -0.39 is 5.91 Å². The molecule has 3 N–H and O–H groups in total. The van der Waals surface area contributed by atoms with E-state index in [9.17, 15) is 4.79 Å². The number of nitrogens with one attached hydrogen (secondary N) is 1. The largest absolute Gasteiger partial charge is 0.368 e. The van der Waals surface area contributed by atoms with Crippen LogP contribution in [0.25, 0.3) is 0 Å². The molecule has 0 radical (unpaired) electrons. The Labute approximate surface area is 92.3 Å². The molecule has 0 atom stereocenters. The molecular formula is C9H14N4O3. The van der Waals surface area contributed by atoms with Crippen molar-refractivity contribution in [2.24, 2.45) is 5.73 Å². The molecule has 2 heterocycles. The lowest BCUT2D eigenvalue weighted by atomic mass is 10.1. The van der Waals surface area contributed by atoms with Gasteiger partial charge in [-0.3, -0.25) is 4.79 Å². The lowest BCUT2D eigenvalue weighted by Crippen LogP contribution is -2.32. The van der Waals surface area contributed by atoms with Gasteiger partial charge in [0.25, 0.3) is 17.6 Å². The van der Waals surface area contributed by atoms with Gasteiger partial charge in [-0.25, -0.2) is 0 Å². The first kappa shape index (κ1) is 11.0. The summed E-state index contributed by atoms with van der Waals surface area (Å²) in [6, 6.07) is 0. The number of piperidine rings is 1. The highest BCUT2D eigenvalue weighted by atomic mass is 16.5. The molecule has 1 fully saturated rings. The van der Waals surface area contributed by atoms with Crippen LogP contribution in [0.2, 0.25) is 0 Å². The van der Waals surface area contributed by atoms with Gasteiger partial charge in [0.05, 0.1) is 6.10 Å². The highest BCUT2D eigenvalue weighted by Crippen LogP contribution is 2.10. The first-order valence-corrected chi connectivity index (χ1v) is 5.20. The van der Waals surface area contributed by atoms with E-state index in [4.69, 9.17) is 15.0 Å². The SMILES string of the molecule is NC(=O)c1noc(COC2CCNCC2)n1. The van der Waals surface area contributed by atoms with Crippen LogP contribution in [0.4, 0.5) is 0 Å². The highest BCUT2D eigenvalue weighted by molar-refractivity contribution is 5.88. The number of carbonyl (C=O) groups is 1. The second-order valence-electron chi connectivity index (χ2n) is 3.64. The molecule has 0 aromatic carbocycles. The minimum Gasteiger partial charge on any atom is -0.368 e. The summed E-state index contributed by atoms with van der Waals surface area (Å²) in [7, 11) is 0. The number of rotatable bonds is 4. The van der Waals surface area contributed by atoms with Crippen molar-refractivity contribution in [2.75, 3.05) is 13.1 Å². The maximum absolute atomic E-state index is 10.7. The van der Waals surface area contributed by atoms with Gasteiger partial charge in [-0.2, -0.15) is 4.98 Å². The second-order valence-corrected chi connectivity index (χ2v) is 3.64. The fraction of sp³-hybridized carbons (Fsp3) is 0.667. The van der Waals surface area contributed by atoms with Crippen LogP contribution in [0, 0.1) is 0 Å². The summed E-state index contributed by atoms with van der Waals surface area (Å²) in [6.07, 6.45) is 2.15. The van der Waals surface area contributed by atoms with Crippen LogP contribution in [0.5, 0.6) is 0 Å². The number of nitrogens with zero attached hydrogens (tertiary/aromatic N) is 2. The molecule has 1 aliphatic rings. The molecule has 1 aliphatic heterocycles. The van der Waals surface area contributed by atoms with Gasteiger partial charge in [-0.1, -0.05) is 5.16 Å². The molecule has 88 valence electrons. The van der Waals surface area contributed by atoms with Crippen molar-refractivity contribution < 1.29 is 14.1 Å². The zero-order valence-electron chi connectivity index (χ0n) is 8.81. The van der Waals surface area contributed by atoms with Crippen LogP contribution in [-0.2, 0) is 11.3 Å². The van der Waals surface area contributed by atoms with Gasteiger partial charge in [0.15, 0.2) is 0 Å². The van der Waals surface area contributed by atoms with Crippen LogP contribution in [0.1, 0.15) is 29.4 Å². The molecule has 0 unspecified atom stereocenters. The lowest BCUT2D eigenvalue weighted by Gasteiger charge is -2.21. The van der Waals surface area contributed by atoms with Crippen LogP contribution in [0.3, 0.4) is 0 Å². The van der Waals surface area contributed by atoms with Crippen molar-refractivity contribution >= 4 is 5.91 Å². The van der Waals surface area contributed by atoms with E-state index in [1.807, 2.05) is 0 Å². The Morgan fingerprint density at radius 2 is 2.31 bits per heavy atom. The minimum absolute atomic E-state index is 0.107. The van der Waals surface area contributed by atoms with Crippen LogP contribution in [0.15, 0.2) is 4.52 Å². The number of primary amides is 1. The van der Waals surface area contributed by atoms with Crippen LogP contribution < -0.4 is 11.1 Å². The summed E-state index contributed by atoms with van der Waals surface area (Å²) in [5.74, 6) is -0.520. The van der Waals surface area contributed by atoms with Crippen molar-refractivity contribution in [3.8, 4) is 0 Å². The Morgan fingerprint density at radius 1 is 1.56 bits per heavy atom. The first-order chi connectivity index (χ1) is 7.75. The first-order valence-electron chi connectivity index (χ1n) is 5.20. The number of hydrogen-bond acceptors (Lipinski definition) is 6. The maximum Gasteiger partial charge on any atom is 0.290 e. The summed E-state index contributed by atoms with van der Waals surface area (Å²) in [6.45, 7) is 2.15. The van der Waals surface area contributed by atoms with Gasteiger partial charge >= 0.3 is 0 Å². The standard InChI is InChI=1S/C9H14N4O3/c10-8(14)9-12-7(16-13-9)5-15-6-1-3-11-4-2-6/h6,11H,1-5H2,(H2,10,14). The molecule has 7 heteroatoms. The Kier molecular flexibility index (Phi) is 3.47. The van der Waals surface area contributed by atoms with Crippen LogP contribution in [-0.4, -0.2) is 35.2 Å². The average molecular weight is 226 g/mol. The fourth-order valence-corrected chi connectivity index (χ4v) is 1.56. The highest BCUT2D eigenvalue weighted by Gasteiger charge is 2.16. The molecule has 0 spiro atoms. The van der Waals surface area contributed by atoms with Gasteiger partial charge < -0.3 is 20.3 Å².